The van der Waals surface area contributed by atoms with Gasteiger partial charge in [0.15, 0.2) is 0 Å². The first-order chi connectivity index (χ1) is 17.2. The normalized spacial score (nSPS) is 28.1. The van der Waals surface area contributed by atoms with Crippen molar-refractivity contribution in [2.45, 2.75) is 70.2 Å². The Morgan fingerprint density at radius 2 is 1.69 bits per heavy atom. The molecule has 0 radical (unpaired) electrons. The SMILES string of the molecule is C=CC[C@@H](C)C(=O)N1C(=O)O[C@@H]2[C@H]3C[C@@H]([C@@H]21)[C@@H](O[Si](c1ccccc1)(c1ccccc1)C(C)(C)C)C3. The van der Waals surface area contributed by atoms with Crippen molar-refractivity contribution in [3.63, 3.8) is 0 Å². The molecule has 1 heterocycles. The lowest BCUT2D eigenvalue weighted by Crippen LogP contribution is -2.68. The quantitative estimate of drug-likeness (QED) is 0.398. The third-order valence-electron chi connectivity index (χ3n) is 8.48. The number of ether oxygens (including phenoxy) is 1. The van der Waals surface area contributed by atoms with E-state index in [0.29, 0.717) is 6.42 Å². The van der Waals surface area contributed by atoms with E-state index in [4.69, 9.17) is 9.16 Å². The Morgan fingerprint density at radius 3 is 2.22 bits per heavy atom. The zero-order valence-electron chi connectivity index (χ0n) is 21.7. The van der Waals surface area contributed by atoms with E-state index in [0.717, 1.165) is 12.8 Å². The Hall–Kier alpha value is -2.70. The lowest BCUT2D eigenvalue weighted by Gasteiger charge is -2.47. The van der Waals surface area contributed by atoms with Gasteiger partial charge in [-0.1, -0.05) is 94.4 Å². The van der Waals surface area contributed by atoms with E-state index in [1.807, 2.05) is 19.1 Å². The van der Waals surface area contributed by atoms with E-state index in [2.05, 4.69) is 75.9 Å². The van der Waals surface area contributed by atoms with Gasteiger partial charge in [-0.2, -0.15) is 0 Å². The van der Waals surface area contributed by atoms with Crippen LogP contribution in [0, 0.1) is 17.8 Å². The van der Waals surface area contributed by atoms with E-state index in [1.165, 1.54) is 15.3 Å². The number of carbonyl (C=O) groups is 2. The first kappa shape index (κ1) is 25.0. The van der Waals surface area contributed by atoms with Crippen LogP contribution in [-0.2, 0) is 14.0 Å². The van der Waals surface area contributed by atoms with Crippen LogP contribution in [0.3, 0.4) is 0 Å². The smallest absolute Gasteiger partial charge is 0.417 e. The van der Waals surface area contributed by atoms with Crippen LogP contribution in [0.5, 0.6) is 0 Å². The Labute approximate surface area is 215 Å². The second-order valence-corrected chi connectivity index (χ2v) is 15.9. The standard InChI is InChI=1S/C30H37NO4Si/c1-6-13-20(2)28(32)31-26-24-18-21(27(26)34-29(31)33)19-25(24)35-36(30(3,4)5,22-14-9-7-10-15-22)23-16-11-8-12-17-23/h6-12,14-17,20-21,24-27H,1,13,18-19H2,2-5H3/t20-,21+,24-,25+,26+,27-/m1/s1. The fourth-order valence-corrected chi connectivity index (χ4v) is 11.6. The molecule has 2 bridgehead atoms. The van der Waals surface area contributed by atoms with Crippen molar-refractivity contribution < 1.29 is 18.8 Å². The van der Waals surface area contributed by atoms with Gasteiger partial charge in [-0.05, 0) is 34.7 Å². The molecule has 190 valence electrons. The first-order valence-electron chi connectivity index (χ1n) is 13.1. The summed E-state index contributed by atoms with van der Waals surface area (Å²) < 4.78 is 13.3. The molecule has 3 aliphatic rings. The maximum Gasteiger partial charge on any atom is 0.417 e. The Kier molecular flexibility index (Phi) is 6.46. The van der Waals surface area contributed by atoms with Gasteiger partial charge in [-0.15, -0.1) is 6.58 Å². The van der Waals surface area contributed by atoms with E-state index in [9.17, 15) is 9.59 Å². The van der Waals surface area contributed by atoms with Crippen LogP contribution in [0.1, 0.15) is 47.0 Å². The molecule has 0 unspecified atom stereocenters. The minimum Gasteiger partial charge on any atom is -0.443 e. The molecule has 6 atom stereocenters. The summed E-state index contributed by atoms with van der Waals surface area (Å²) in [6.07, 6.45) is 3.29. The minimum absolute atomic E-state index is 0.0398. The highest BCUT2D eigenvalue weighted by Crippen LogP contribution is 2.54. The van der Waals surface area contributed by atoms with Crippen LogP contribution < -0.4 is 10.4 Å². The second kappa shape index (κ2) is 9.31. The van der Waals surface area contributed by atoms with Gasteiger partial charge in [0.2, 0.25) is 5.91 Å². The second-order valence-electron chi connectivity index (χ2n) is 11.7. The molecule has 2 amide bonds. The number of benzene rings is 2. The van der Waals surface area contributed by atoms with Gasteiger partial charge in [-0.25, -0.2) is 9.69 Å². The Morgan fingerprint density at radius 1 is 1.11 bits per heavy atom. The predicted octanol–water partition coefficient (Wildman–Crippen LogP) is 4.90. The minimum atomic E-state index is -2.74. The average Bonchev–Trinajstić information content (AvgIpc) is 3.52. The molecular formula is C30H37NO4Si. The van der Waals surface area contributed by atoms with Gasteiger partial charge in [0.1, 0.15) is 6.10 Å². The van der Waals surface area contributed by atoms with Gasteiger partial charge in [0, 0.05) is 17.8 Å². The van der Waals surface area contributed by atoms with Crippen molar-refractivity contribution in [2.24, 2.45) is 17.8 Å². The summed E-state index contributed by atoms with van der Waals surface area (Å²) >= 11 is 0. The van der Waals surface area contributed by atoms with Crippen LogP contribution in [0.2, 0.25) is 5.04 Å². The largest absolute Gasteiger partial charge is 0.443 e. The molecule has 0 aromatic heterocycles. The summed E-state index contributed by atoms with van der Waals surface area (Å²) in [7, 11) is -2.74. The summed E-state index contributed by atoms with van der Waals surface area (Å²) in [5, 5.41) is 2.36. The molecule has 6 heteroatoms. The average molecular weight is 504 g/mol. The molecule has 3 fully saturated rings. The van der Waals surface area contributed by atoms with Gasteiger partial charge in [0.05, 0.1) is 12.1 Å². The van der Waals surface area contributed by atoms with Crippen molar-refractivity contribution >= 4 is 30.7 Å². The molecule has 36 heavy (non-hydrogen) atoms. The van der Waals surface area contributed by atoms with Gasteiger partial charge >= 0.3 is 6.09 Å². The molecule has 5 rings (SSSR count). The van der Waals surface area contributed by atoms with Gasteiger partial charge in [0.25, 0.3) is 8.32 Å². The molecule has 5 nitrogen and oxygen atoms in total. The van der Waals surface area contributed by atoms with Crippen molar-refractivity contribution in [1.29, 1.82) is 0 Å². The topological polar surface area (TPSA) is 55.8 Å². The van der Waals surface area contributed by atoms with E-state index in [-0.39, 0.29) is 46.9 Å². The van der Waals surface area contributed by atoms with Crippen LogP contribution in [0.4, 0.5) is 4.79 Å². The molecule has 2 saturated carbocycles. The number of hydrogen-bond donors (Lipinski definition) is 0. The highest BCUT2D eigenvalue weighted by molar-refractivity contribution is 6.99. The molecule has 1 aliphatic heterocycles. The number of amides is 2. The number of hydrogen-bond acceptors (Lipinski definition) is 4. The maximum atomic E-state index is 13.3. The Bertz CT molecular complexity index is 1090. The first-order valence-corrected chi connectivity index (χ1v) is 15.0. The van der Waals surface area contributed by atoms with Crippen molar-refractivity contribution in [3.05, 3.63) is 73.3 Å². The molecule has 1 saturated heterocycles. The molecule has 0 spiro atoms. The number of imide groups is 1. The lowest BCUT2D eigenvalue weighted by molar-refractivity contribution is -0.134. The molecule has 2 aromatic carbocycles. The summed E-state index contributed by atoms with van der Waals surface area (Å²) in [4.78, 5) is 27.6. The summed E-state index contributed by atoms with van der Waals surface area (Å²) in [6, 6.07) is 21.0. The van der Waals surface area contributed by atoms with E-state index < -0.39 is 14.4 Å². The third kappa shape index (κ3) is 3.86. The monoisotopic (exact) mass is 503 g/mol. The Balaban J connectivity index is 1.53. The van der Waals surface area contributed by atoms with Crippen LogP contribution >= 0.6 is 0 Å². The molecule has 2 aliphatic carbocycles. The fraction of sp³-hybridized carbons (Fsp3) is 0.467. The highest BCUT2D eigenvalue weighted by Gasteiger charge is 2.65. The van der Waals surface area contributed by atoms with Crippen LogP contribution in [0.15, 0.2) is 73.3 Å². The zero-order valence-corrected chi connectivity index (χ0v) is 22.7. The van der Waals surface area contributed by atoms with Crippen molar-refractivity contribution in [2.75, 3.05) is 0 Å². The van der Waals surface area contributed by atoms with Gasteiger partial charge in [-0.3, -0.25) is 4.79 Å². The molecule has 0 N–H and O–H groups in total. The van der Waals surface area contributed by atoms with Crippen molar-refractivity contribution in [1.82, 2.24) is 4.90 Å². The highest BCUT2D eigenvalue weighted by atomic mass is 28.4. The van der Waals surface area contributed by atoms with Crippen LogP contribution in [-0.4, -0.2) is 43.5 Å². The number of nitrogens with zero attached hydrogens (tertiary/aromatic N) is 1. The van der Waals surface area contributed by atoms with E-state index >= 15 is 0 Å². The summed E-state index contributed by atoms with van der Waals surface area (Å²) in [5.74, 6) is -0.166. The number of carbonyl (C=O) groups excluding carboxylic acids is 2. The fourth-order valence-electron chi connectivity index (χ4n) is 6.90. The number of allylic oxidation sites excluding steroid dienone is 1. The maximum absolute atomic E-state index is 13.3. The van der Waals surface area contributed by atoms with Crippen molar-refractivity contribution in [3.8, 4) is 0 Å². The molecule has 2 aromatic rings. The van der Waals surface area contributed by atoms with Crippen LogP contribution in [0.25, 0.3) is 0 Å². The predicted molar refractivity (Wildman–Crippen MR) is 144 cm³/mol. The number of rotatable bonds is 7. The third-order valence-corrected chi connectivity index (χ3v) is 13.5. The lowest BCUT2D eigenvalue weighted by atomic mass is 9.89. The summed E-state index contributed by atoms with van der Waals surface area (Å²) in [6.45, 7) is 12.5. The van der Waals surface area contributed by atoms with Gasteiger partial charge < -0.3 is 9.16 Å². The number of fused-ring (bicyclic) bond motifs is 5. The molecular weight excluding hydrogens is 466 g/mol. The summed E-state index contributed by atoms with van der Waals surface area (Å²) in [5.41, 5.74) is 0. The zero-order chi connectivity index (χ0) is 25.7. The van der Waals surface area contributed by atoms with E-state index in [1.54, 1.807) is 6.08 Å².